The highest BCUT2D eigenvalue weighted by molar-refractivity contribution is 4.91. The van der Waals surface area contributed by atoms with Crippen LogP contribution >= 0.6 is 0 Å². The van der Waals surface area contributed by atoms with Crippen LogP contribution in [0, 0.1) is 17.2 Å². The lowest BCUT2D eigenvalue weighted by Gasteiger charge is -2.34. The molecule has 0 aromatic rings. The molecule has 0 radical (unpaired) electrons. The molecule has 15 heavy (non-hydrogen) atoms. The largest absolute Gasteiger partial charge is 0.389 e. The standard InChI is InChI=1S/C12H20N2O/c13-9-11-3-7-14(8-4-11)10-12(15)5-1-2-6-12/h11,15H,1-8,10H2. The minimum atomic E-state index is -0.417. The van der Waals surface area contributed by atoms with Crippen LogP contribution in [0.15, 0.2) is 0 Å². The summed E-state index contributed by atoms with van der Waals surface area (Å²) in [5.41, 5.74) is -0.417. The fourth-order valence-electron chi connectivity index (χ4n) is 2.83. The molecule has 0 aromatic carbocycles. The molecule has 1 saturated heterocycles. The Morgan fingerprint density at radius 3 is 2.40 bits per heavy atom. The summed E-state index contributed by atoms with van der Waals surface area (Å²) in [4.78, 5) is 2.33. The van der Waals surface area contributed by atoms with Gasteiger partial charge in [0.1, 0.15) is 0 Å². The van der Waals surface area contributed by atoms with E-state index in [0.29, 0.717) is 0 Å². The third kappa shape index (κ3) is 2.70. The second kappa shape index (κ2) is 4.51. The molecule has 2 aliphatic rings. The SMILES string of the molecule is N#CC1CCN(CC2(O)CCCC2)CC1. The van der Waals surface area contributed by atoms with E-state index in [2.05, 4.69) is 11.0 Å². The van der Waals surface area contributed by atoms with E-state index in [4.69, 9.17) is 5.26 Å². The predicted molar refractivity (Wildman–Crippen MR) is 58.2 cm³/mol. The zero-order valence-corrected chi connectivity index (χ0v) is 9.28. The first-order valence-corrected chi connectivity index (χ1v) is 6.06. The summed E-state index contributed by atoms with van der Waals surface area (Å²) in [5, 5.41) is 19.1. The molecule has 2 rings (SSSR count). The Hall–Kier alpha value is -0.590. The van der Waals surface area contributed by atoms with Crippen LogP contribution in [0.1, 0.15) is 38.5 Å². The van der Waals surface area contributed by atoms with Crippen LogP contribution < -0.4 is 0 Å². The van der Waals surface area contributed by atoms with Gasteiger partial charge in [0.05, 0.1) is 11.7 Å². The lowest BCUT2D eigenvalue weighted by atomic mass is 9.95. The summed E-state index contributed by atoms with van der Waals surface area (Å²) >= 11 is 0. The van der Waals surface area contributed by atoms with E-state index in [1.807, 2.05) is 0 Å². The molecule has 84 valence electrons. The van der Waals surface area contributed by atoms with E-state index < -0.39 is 5.60 Å². The fourth-order valence-corrected chi connectivity index (χ4v) is 2.83. The first kappa shape index (κ1) is 10.9. The van der Waals surface area contributed by atoms with E-state index in [0.717, 1.165) is 45.3 Å². The molecular weight excluding hydrogens is 188 g/mol. The van der Waals surface area contributed by atoms with E-state index in [-0.39, 0.29) is 5.92 Å². The van der Waals surface area contributed by atoms with E-state index in [9.17, 15) is 5.11 Å². The molecule has 1 aliphatic carbocycles. The summed E-state index contributed by atoms with van der Waals surface area (Å²) in [6, 6.07) is 2.34. The van der Waals surface area contributed by atoms with Gasteiger partial charge in [0.15, 0.2) is 0 Å². The predicted octanol–water partition coefficient (Wildman–Crippen LogP) is 1.53. The van der Waals surface area contributed by atoms with E-state index >= 15 is 0 Å². The summed E-state index contributed by atoms with van der Waals surface area (Å²) in [5.74, 6) is 0.250. The maximum atomic E-state index is 10.3. The van der Waals surface area contributed by atoms with Crippen LogP contribution in [-0.4, -0.2) is 35.2 Å². The molecule has 1 heterocycles. The quantitative estimate of drug-likeness (QED) is 0.748. The van der Waals surface area contributed by atoms with Crippen molar-refractivity contribution in [2.45, 2.75) is 44.1 Å². The zero-order chi connectivity index (χ0) is 10.7. The van der Waals surface area contributed by atoms with Crippen LogP contribution in [0.2, 0.25) is 0 Å². The highest BCUT2D eigenvalue weighted by atomic mass is 16.3. The summed E-state index contributed by atoms with van der Waals surface area (Å²) < 4.78 is 0. The maximum Gasteiger partial charge on any atom is 0.0774 e. The van der Waals surface area contributed by atoms with Gasteiger partial charge in [-0.25, -0.2) is 0 Å². The first-order valence-electron chi connectivity index (χ1n) is 6.06. The Kier molecular flexibility index (Phi) is 3.28. The second-order valence-electron chi connectivity index (χ2n) is 5.11. The lowest BCUT2D eigenvalue weighted by molar-refractivity contribution is 0.00222. The van der Waals surface area contributed by atoms with Gasteiger partial charge in [-0.2, -0.15) is 5.26 Å². The molecule has 1 aliphatic heterocycles. The van der Waals surface area contributed by atoms with Crippen LogP contribution in [0.5, 0.6) is 0 Å². The molecule has 0 amide bonds. The topological polar surface area (TPSA) is 47.3 Å². The number of nitrogens with zero attached hydrogens (tertiary/aromatic N) is 2. The molecule has 0 unspecified atom stereocenters. The van der Waals surface area contributed by atoms with Crippen molar-refractivity contribution in [2.24, 2.45) is 5.92 Å². The number of nitriles is 1. The third-order valence-electron chi connectivity index (χ3n) is 3.82. The van der Waals surface area contributed by atoms with Gasteiger partial charge in [-0.1, -0.05) is 12.8 Å². The van der Waals surface area contributed by atoms with Crippen LogP contribution in [0.4, 0.5) is 0 Å². The molecule has 0 spiro atoms. The van der Waals surface area contributed by atoms with Crippen LogP contribution in [0.3, 0.4) is 0 Å². The van der Waals surface area contributed by atoms with Gasteiger partial charge in [0.25, 0.3) is 0 Å². The van der Waals surface area contributed by atoms with Gasteiger partial charge < -0.3 is 10.0 Å². The van der Waals surface area contributed by atoms with E-state index in [1.165, 1.54) is 12.8 Å². The molecule has 1 saturated carbocycles. The maximum absolute atomic E-state index is 10.3. The summed E-state index contributed by atoms with van der Waals surface area (Å²) in [6.07, 6.45) is 6.23. The van der Waals surface area contributed by atoms with Crippen LogP contribution in [-0.2, 0) is 0 Å². The lowest BCUT2D eigenvalue weighted by Crippen LogP contribution is -2.44. The van der Waals surface area contributed by atoms with E-state index in [1.54, 1.807) is 0 Å². The number of rotatable bonds is 2. The monoisotopic (exact) mass is 208 g/mol. The number of β-amino-alcohol motifs (C(OH)–C–C–N with tert-alkyl or cyclic N) is 1. The number of piperidine rings is 1. The number of aliphatic hydroxyl groups is 1. The van der Waals surface area contributed by atoms with Crippen molar-refractivity contribution in [1.82, 2.24) is 4.90 Å². The van der Waals surface area contributed by atoms with Gasteiger partial charge >= 0.3 is 0 Å². The van der Waals surface area contributed by atoms with Crippen molar-refractivity contribution in [2.75, 3.05) is 19.6 Å². The van der Waals surface area contributed by atoms with Gasteiger partial charge in [-0.15, -0.1) is 0 Å². The molecule has 2 fully saturated rings. The van der Waals surface area contributed by atoms with Gasteiger partial charge in [0.2, 0.25) is 0 Å². The highest BCUT2D eigenvalue weighted by Crippen LogP contribution is 2.31. The van der Waals surface area contributed by atoms with Crippen molar-refractivity contribution >= 4 is 0 Å². The highest BCUT2D eigenvalue weighted by Gasteiger charge is 2.34. The summed E-state index contributed by atoms with van der Waals surface area (Å²) in [7, 11) is 0. The minimum absolute atomic E-state index is 0.250. The van der Waals surface area contributed by atoms with Crippen molar-refractivity contribution in [3.8, 4) is 6.07 Å². The molecule has 3 nitrogen and oxygen atoms in total. The van der Waals surface area contributed by atoms with Crippen molar-refractivity contribution in [3.63, 3.8) is 0 Å². The Morgan fingerprint density at radius 1 is 1.27 bits per heavy atom. The molecule has 3 heteroatoms. The average Bonchev–Trinajstić information content (AvgIpc) is 2.66. The molecule has 1 N–H and O–H groups in total. The Bertz CT molecular complexity index is 245. The van der Waals surface area contributed by atoms with Gasteiger partial charge in [-0.3, -0.25) is 0 Å². The minimum Gasteiger partial charge on any atom is -0.389 e. The van der Waals surface area contributed by atoms with Crippen LogP contribution in [0.25, 0.3) is 0 Å². The van der Waals surface area contributed by atoms with Gasteiger partial charge in [0, 0.05) is 12.5 Å². The normalized spacial score (nSPS) is 27.7. The van der Waals surface area contributed by atoms with Crippen molar-refractivity contribution < 1.29 is 5.11 Å². The molecule has 0 atom stereocenters. The second-order valence-corrected chi connectivity index (χ2v) is 5.11. The number of likely N-dealkylation sites (tertiary alicyclic amines) is 1. The molecule has 0 bridgehead atoms. The Labute approximate surface area is 91.7 Å². The van der Waals surface area contributed by atoms with Crippen molar-refractivity contribution in [1.29, 1.82) is 5.26 Å². The number of hydrogen-bond donors (Lipinski definition) is 1. The molecule has 0 aromatic heterocycles. The first-order chi connectivity index (χ1) is 7.22. The Balaban J connectivity index is 1.79. The number of hydrogen-bond acceptors (Lipinski definition) is 3. The third-order valence-corrected chi connectivity index (χ3v) is 3.82. The zero-order valence-electron chi connectivity index (χ0n) is 9.28. The fraction of sp³-hybridized carbons (Fsp3) is 0.917. The average molecular weight is 208 g/mol. The Morgan fingerprint density at radius 2 is 1.87 bits per heavy atom. The van der Waals surface area contributed by atoms with Gasteiger partial charge in [-0.05, 0) is 38.8 Å². The van der Waals surface area contributed by atoms with Crippen molar-refractivity contribution in [3.05, 3.63) is 0 Å². The smallest absolute Gasteiger partial charge is 0.0774 e. The summed E-state index contributed by atoms with van der Waals surface area (Å²) in [6.45, 7) is 2.80. The molecular formula is C12H20N2O.